The van der Waals surface area contributed by atoms with Gasteiger partial charge in [-0.3, -0.25) is 9.69 Å². The fraction of sp³-hybridized carbons (Fsp3) is 0.333. The van der Waals surface area contributed by atoms with Gasteiger partial charge in [-0.15, -0.1) is 0 Å². The second kappa shape index (κ2) is 7.07. The second-order valence-corrected chi connectivity index (χ2v) is 8.28. The third kappa shape index (κ3) is 3.01. The van der Waals surface area contributed by atoms with E-state index in [1.807, 2.05) is 25.1 Å². The Morgan fingerprint density at radius 2 is 1.83 bits per heavy atom. The number of hydrogen-bond donors (Lipinski definition) is 2. The topological polar surface area (TPSA) is 69.2 Å². The van der Waals surface area contributed by atoms with Crippen LogP contribution in [0.5, 0.6) is 0 Å². The molecule has 1 aliphatic heterocycles. The van der Waals surface area contributed by atoms with Gasteiger partial charge in [-0.25, -0.2) is 4.98 Å². The molecule has 5 nitrogen and oxygen atoms in total. The van der Waals surface area contributed by atoms with Gasteiger partial charge in [-0.1, -0.05) is 30.3 Å². The smallest absolute Gasteiger partial charge is 0.293 e. The van der Waals surface area contributed by atoms with E-state index in [1.54, 1.807) is 11.2 Å². The number of amides is 1. The second-order valence-electron chi connectivity index (χ2n) is 8.28. The molecule has 0 saturated heterocycles. The normalized spacial score (nSPS) is 25.2. The largest absolute Gasteiger partial charge is 0.503 e. The van der Waals surface area contributed by atoms with Gasteiger partial charge in [0.05, 0.1) is 23.4 Å². The maximum atomic E-state index is 12.9. The number of carbonyl (C=O) groups excluding carboxylic acids is 1. The first-order valence-corrected chi connectivity index (χ1v) is 10.3. The van der Waals surface area contributed by atoms with E-state index in [-0.39, 0.29) is 17.7 Å². The van der Waals surface area contributed by atoms with Gasteiger partial charge in [0.1, 0.15) is 0 Å². The number of aliphatic hydroxyl groups is 1. The monoisotopic (exact) mass is 387 g/mol. The molecule has 1 unspecified atom stereocenters. The molecule has 5 heteroatoms. The summed E-state index contributed by atoms with van der Waals surface area (Å²) in [6.45, 7) is 1.90. The summed E-state index contributed by atoms with van der Waals surface area (Å²) in [5.74, 6) is 0.541. The predicted molar refractivity (Wildman–Crippen MR) is 114 cm³/mol. The van der Waals surface area contributed by atoms with Crippen LogP contribution in [-0.4, -0.2) is 27.0 Å². The first-order chi connectivity index (χ1) is 14.1. The Morgan fingerprint density at radius 1 is 1.07 bits per heavy atom. The minimum Gasteiger partial charge on any atom is -0.503 e. The Bertz CT molecular complexity index is 1080. The van der Waals surface area contributed by atoms with Gasteiger partial charge in [0.15, 0.2) is 5.76 Å². The van der Waals surface area contributed by atoms with Gasteiger partial charge in [-0.05, 0) is 73.8 Å². The van der Waals surface area contributed by atoms with Gasteiger partial charge >= 0.3 is 0 Å². The van der Waals surface area contributed by atoms with Crippen molar-refractivity contribution in [3.8, 4) is 0 Å². The molecular formula is C24H25N3O2. The molecule has 1 aromatic heterocycles. The van der Waals surface area contributed by atoms with E-state index in [1.165, 1.54) is 5.56 Å². The number of rotatable bonds is 3. The van der Waals surface area contributed by atoms with E-state index in [0.29, 0.717) is 11.8 Å². The molecule has 0 bridgehead atoms. The lowest BCUT2D eigenvalue weighted by Crippen LogP contribution is -2.41. The van der Waals surface area contributed by atoms with Crippen molar-refractivity contribution in [2.24, 2.45) is 5.92 Å². The van der Waals surface area contributed by atoms with Crippen LogP contribution >= 0.6 is 0 Å². The fourth-order valence-corrected chi connectivity index (χ4v) is 5.15. The van der Waals surface area contributed by atoms with E-state index in [2.05, 4.69) is 40.3 Å². The summed E-state index contributed by atoms with van der Waals surface area (Å²) in [7, 11) is 0. The number of nitrogens with one attached hydrogen (secondary N) is 1. The van der Waals surface area contributed by atoms with Crippen LogP contribution < -0.4 is 4.90 Å². The van der Waals surface area contributed by atoms with Crippen molar-refractivity contribution in [1.29, 1.82) is 0 Å². The van der Waals surface area contributed by atoms with Crippen molar-refractivity contribution in [2.75, 3.05) is 4.90 Å². The minimum absolute atomic E-state index is 0.0837. The third-order valence-corrected chi connectivity index (χ3v) is 6.69. The van der Waals surface area contributed by atoms with Crippen LogP contribution in [0.3, 0.4) is 0 Å². The standard InChI is InChI=1S/C24H25N3O2/c1-15-22(18-9-7-17(8-10-18)16-5-3-2-4-6-16)27(24(29)23(15)28)19-11-12-20-21(13-19)26-14-25-20/h2-6,11-14,17-18,22,28H,7-10H2,1H3,(H,25,26). The molecule has 1 amide bonds. The molecule has 0 spiro atoms. The quantitative estimate of drug-likeness (QED) is 0.658. The number of anilines is 1. The Labute approximate surface area is 170 Å². The number of aliphatic hydroxyl groups excluding tert-OH is 1. The third-order valence-electron chi connectivity index (χ3n) is 6.69. The van der Waals surface area contributed by atoms with E-state index in [4.69, 9.17) is 0 Å². The SMILES string of the molecule is CC1=C(O)C(=O)N(c2ccc3nc[nH]c3c2)C1C1CCC(c2ccccc2)CC1. The van der Waals surface area contributed by atoms with Gasteiger partial charge < -0.3 is 10.1 Å². The molecule has 5 rings (SSSR count). The van der Waals surface area contributed by atoms with Crippen LogP contribution in [0.4, 0.5) is 5.69 Å². The molecule has 2 aromatic carbocycles. The van der Waals surface area contributed by atoms with Crippen molar-refractivity contribution < 1.29 is 9.90 Å². The van der Waals surface area contributed by atoms with E-state index in [9.17, 15) is 9.90 Å². The van der Waals surface area contributed by atoms with Gasteiger partial charge in [0, 0.05) is 5.69 Å². The molecule has 1 fully saturated rings. The summed E-state index contributed by atoms with van der Waals surface area (Å²) in [6.07, 6.45) is 5.97. The number of nitrogens with zero attached hydrogens (tertiary/aromatic N) is 2. The molecule has 148 valence electrons. The number of carbonyl (C=O) groups is 1. The number of benzene rings is 2. The number of aromatic nitrogens is 2. The van der Waals surface area contributed by atoms with Crippen LogP contribution in [0.15, 0.2) is 66.2 Å². The van der Waals surface area contributed by atoms with Crippen LogP contribution in [0.1, 0.15) is 44.1 Å². The first kappa shape index (κ1) is 18.0. The molecule has 1 saturated carbocycles. The lowest BCUT2D eigenvalue weighted by atomic mass is 9.74. The van der Waals surface area contributed by atoms with Crippen molar-refractivity contribution >= 4 is 22.6 Å². The summed E-state index contributed by atoms with van der Waals surface area (Å²) in [5, 5.41) is 10.5. The minimum atomic E-state index is -0.295. The molecule has 1 atom stereocenters. The maximum Gasteiger partial charge on any atom is 0.293 e. The molecule has 1 aliphatic carbocycles. The summed E-state index contributed by atoms with van der Waals surface area (Å²) >= 11 is 0. The first-order valence-electron chi connectivity index (χ1n) is 10.3. The van der Waals surface area contributed by atoms with E-state index < -0.39 is 0 Å². The molecule has 2 aliphatic rings. The zero-order valence-corrected chi connectivity index (χ0v) is 16.5. The van der Waals surface area contributed by atoms with E-state index >= 15 is 0 Å². The highest BCUT2D eigenvalue weighted by molar-refractivity contribution is 6.09. The Morgan fingerprint density at radius 3 is 2.59 bits per heavy atom. The van der Waals surface area contributed by atoms with E-state index in [0.717, 1.165) is 48.0 Å². The average molecular weight is 387 g/mol. The average Bonchev–Trinajstić information content (AvgIpc) is 3.32. The zero-order valence-electron chi connectivity index (χ0n) is 16.5. The summed E-state index contributed by atoms with van der Waals surface area (Å²) in [5.41, 5.74) is 4.78. The van der Waals surface area contributed by atoms with Crippen LogP contribution in [0.25, 0.3) is 11.0 Å². The summed E-state index contributed by atoms with van der Waals surface area (Å²) in [6, 6.07) is 16.4. The molecule has 3 aromatic rings. The van der Waals surface area contributed by atoms with Crippen LogP contribution in [-0.2, 0) is 4.79 Å². The summed E-state index contributed by atoms with van der Waals surface area (Å²) in [4.78, 5) is 22.1. The zero-order chi connectivity index (χ0) is 20.0. The van der Waals surface area contributed by atoms with Crippen LogP contribution in [0.2, 0.25) is 0 Å². The number of hydrogen-bond acceptors (Lipinski definition) is 3. The maximum absolute atomic E-state index is 12.9. The lowest BCUT2D eigenvalue weighted by molar-refractivity contribution is -0.117. The highest BCUT2D eigenvalue weighted by atomic mass is 16.3. The molecule has 2 heterocycles. The van der Waals surface area contributed by atoms with Crippen LogP contribution in [0, 0.1) is 5.92 Å². The predicted octanol–water partition coefficient (Wildman–Crippen LogP) is 5.08. The van der Waals surface area contributed by atoms with Crippen molar-refractivity contribution in [3.05, 3.63) is 71.8 Å². The highest BCUT2D eigenvalue weighted by Gasteiger charge is 2.43. The Balaban J connectivity index is 1.42. The molecule has 2 N–H and O–H groups in total. The number of H-pyrrole nitrogens is 1. The van der Waals surface area contributed by atoms with Crippen molar-refractivity contribution in [2.45, 2.75) is 44.6 Å². The Hall–Kier alpha value is -3.08. The van der Waals surface area contributed by atoms with Gasteiger partial charge in [0.25, 0.3) is 5.91 Å². The highest BCUT2D eigenvalue weighted by Crippen LogP contribution is 2.43. The number of fused-ring (bicyclic) bond motifs is 1. The molecular weight excluding hydrogens is 362 g/mol. The fourth-order valence-electron chi connectivity index (χ4n) is 5.15. The molecule has 0 radical (unpaired) electrons. The number of aromatic amines is 1. The van der Waals surface area contributed by atoms with Crippen molar-refractivity contribution in [3.63, 3.8) is 0 Å². The van der Waals surface area contributed by atoms with Gasteiger partial charge in [0.2, 0.25) is 0 Å². The number of imidazole rings is 1. The Kier molecular flexibility index (Phi) is 4.38. The lowest BCUT2D eigenvalue weighted by Gasteiger charge is -2.37. The summed E-state index contributed by atoms with van der Waals surface area (Å²) < 4.78 is 0. The van der Waals surface area contributed by atoms with Gasteiger partial charge in [-0.2, -0.15) is 0 Å². The molecule has 29 heavy (non-hydrogen) atoms. The van der Waals surface area contributed by atoms with Crippen molar-refractivity contribution in [1.82, 2.24) is 9.97 Å².